The summed E-state index contributed by atoms with van der Waals surface area (Å²) in [7, 11) is -4.03. The largest absolute Gasteiger partial charge is 0.351 e. The molecule has 1 amide bonds. The van der Waals surface area contributed by atoms with Crippen molar-refractivity contribution in [1.82, 2.24) is 5.32 Å². The van der Waals surface area contributed by atoms with Crippen molar-refractivity contribution in [1.29, 1.82) is 0 Å². The van der Waals surface area contributed by atoms with Crippen LogP contribution in [0.3, 0.4) is 0 Å². The first-order chi connectivity index (χ1) is 7.79. The van der Waals surface area contributed by atoms with E-state index in [0.717, 1.165) is 7.14 Å². The minimum Gasteiger partial charge on any atom is -0.351 e. The van der Waals surface area contributed by atoms with Crippen molar-refractivity contribution in [2.75, 3.05) is 12.3 Å². The second kappa shape index (κ2) is 6.29. The molecule has 0 aliphatic carbocycles. The number of carbonyl (C=O) groups excluding carboxylic acids is 1. The van der Waals surface area contributed by atoms with Gasteiger partial charge in [0.1, 0.15) is 0 Å². The second-order valence-corrected chi connectivity index (χ2v) is 7.07. The van der Waals surface area contributed by atoms with Gasteiger partial charge in [-0.15, -0.1) is 0 Å². The number of hydrogen-bond acceptors (Lipinski definition) is 3. The maximum absolute atomic E-state index is 11.6. The Bertz CT molecular complexity index is 530. The van der Waals surface area contributed by atoms with Gasteiger partial charge in [0, 0.05) is 19.2 Å². The zero-order chi connectivity index (χ0) is 13.1. The first-order valence-electron chi connectivity index (χ1n) is 4.48. The Morgan fingerprint density at radius 3 is 2.47 bits per heavy atom. The van der Waals surface area contributed by atoms with Gasteiger partial charge in [-0.05, 0) is 63.4 Å². The highest BCUT2D eigenvalue weighted by atomic mass is 127. The molecule has 0 atom stereocenters. The fraction of sp³-hybridized carbons (Fsp3) is 0.222. The number of halogens is 2. The Morgan fingerprint density at radius 1 is 1.29 bits per heavy atom. The van der Waals surface area contributed by atoms with Crippen LogP contribution >= 0.6 is 45.2 Å². The summed E-state index contributed by atoms with van der Waals surface area (Å²) in [6.45, 7) is -0.111. The predicted octanol–water partition coefficient (Wildman–Crippen LogP) is 1.51. The molecule has 2 N–H and O–H groups in total. The summed E-state index contributed by atoms with van der Waals surface area (Å²) in [5, 5.41) is 2.42. The highest BCUT2D eigenvalue weighted by Crippen LogP contribution is 2.16. The third kappa shape index (κ3) is 5.48. The summed E-state index contributed by atoms with van der Waals surface area (Å²) in [4.78, 5) is 11.6. The molecule has 1 rings (SSSR count). The summed E-state index contributed by atoms with van der Waals surface area (Å²) in [5.41, 5.74) is 0.463. The van der Waals surface area contributed by atoms with Crippen molar-refractivity contribution in [2.24, 2.45) is 0 Å². The quantitative estimate of drug-likeness (QED) is 0.505. The molecule has 0 saturated carbocycles. The molecule has 94 valence electrons. The Labute approximate surface area is 126 Å². The van der Waals surface area contributed by atoms with Crippen LogP contribution in [0.15, 0.2) is 18.2 Å². The zero-order valence-corrected chi connectivity index (χ0v) is 13.6. The van der Waals surface area contributed by atoms with Crippen LogP contribution in [0, 0.1) is 7.14 Å². The summed E-state index contributed by atoms with van der Waals surface area (Å²) >= 11 is 4.26. The van der Waals surface area contributed by atoms with E-state index in [1.165, 1.54) is 0 Å². The first-order valence-corrected chi connectivity index (χ1v) is 8.24. The third-order valence-corrected chi connectivity index (χ3v) is 5.41. The van der Waals surface area contributed by atoms with Gasteiger partial charge < -0.3 is 5.32 Å². The van der Waals surface area contributed by atoms with Crippen molar-refractivity contribution in [3.63, 3.8) is 0 Å². The number of rotatable bonds is 4. The molecule has 0 spiro atoms. The van der Waals surface area contributed by atoms with Gasteiger partial charge in [-0.2, -0.15) is 8.42 Å². The van der Waals surface area contributed by atoms with Gasteiger partial charge in [-0.3, -0.25) is 9.35 Å². The molecule has 0 aromatic heterocycles. The van der Waals surface area contributed by atoms with Crippen molar-refractivity contribution in [2.45, 2.75) is 0 Å². The van der Waals surface area contributed by atoms with Crippen LogP contribution in [0.1, 0.15) is 10.4 Å². The molecule has 0 aliphatic rings. The zero-order valence-electron chi connectivity index (χ0n) is 8.48. The molecule has 0 radical (unpaired) electrons. The van der Waals surface area contributed by atoms with Crippen LogP contribution in [-0.4, -0.2) is 31.2 Å². The molecule has 5 nitrogen and oxygen atoms in total. The number of amides is 1. The molecule has 0 bridgehead atoms. The monoisotopic (exact) mass is 481 g/mol. The fourth-order valence-corrected chi connectivity index (χ4v) is 2.24. The van der Waals surface area contributed by atoms with Gasteiger partial charge in [0.15, 0.2) is 0 Å². The Kier molecular flexibility index (Phi) is 5.60. The summed E-state index contributed by atoms with van der Waals surface area (Å²) < 4.78 is 31.4. The van der Waals surface area contributed by atoms with E-state index in [1.54, 1.807) is 18.2 Å². The summed E-state index contributed by atoms with van der Waals surface area (Å²) in [6, 6.07) is 5.18. The standard InChI is InChI=1S/C9H9I2NO4S/c10-7-2-1-6(5-8(7)11)9(13)12-3-4-17(14,15)16/h1-2,5H,3-4H2,(H,12,13)(H,14,15,16). The van der Waals surface area contributed by atoms with Crippen LogP contribution < -0.4 is 5.32 Å². The lowest BCUT2D eigenvalue weighted by Gasteiger charge is -2.05. The molecule has 0 fully saturated rings. The van der Waals surface area contributed by atoms with Gasteiger partial charge in [0.25, 0.3) is 16.0 Å². The molecule has 1 aromatic rings. The van der Waals surface area contributed by atoms with Crippen molar-refractivity contribution in [3.05, 3.63) is 30.9 Å². The lowest BCUT2D eigenvalue weighted by molar-refractivity contribution is 0.0956. The molecule has 0 aliphatic heterocycles. The SMILES string of the molecule is O=C(NCCS(=O)(=O)O)c1ccc(I)c(I)c1. The normalized spacial score (nSPS) is 11.2. The van der Waals surface area contributed by atoms with E-state index in [0.29, 0.717) is 5.56 Å². The first kappa shape index (κ1) is 15.1. The molecule has 0 heterocycles. The van der Waals surface area contributed by atoms with E-state index in [-0.39, 0.29) is 12.5 Å². The van der Waals surface area contributed by atoms with Crippen molar-refractivity contribution >= 4 is 61.2 Å². The van der Waals surface area contributed by atoms with Gasteiger partial charge in [-0.25, -0.2) is 0 Å². The van der Waals surface area contributed by atoms with Crippen LogP contribution in [0.25, 0.3) is 0 Å². The fourth-order valence-electron chi connectivity index (χ4n) is 1.03. The van der Waals surface area contributed by atoms with E-state index < -0.39 is 15.9 Å². The van der Waals surface area contributed by atoms with Crippen LogP contribution in [0.4, 0.5) is 0 Å². The second-order valence-electron chi connectivity index (χ2n) is 3.17. The molecular weight excluding hydrogens is 472 g/mol. The highest BCUT2D eigenvalue weighted by molar-refractivity contribution is 14.1. The molecule has 0 saturated heterocycles. The molecule has 1 aromatic carbocycles. The smallest absolute Gasteiger partial charge is 0.266 e. The highest BCUT2D eigenvalue weighted by Gasteiger charge is 2.09. The van der Waals surface area contributed by atoms with E-state index in [9.17, 15) is 13.2 Å². The van der Waals surface area contributed by atoms with Gasteiger partial charge >= 0.3 is 0 Å². The summed E-state index contributed by atoms with van der Waals surface area (Å²) in [6.07, 6.45) is 0. The molecule has 0 unspecified atom stereocenters. The molecule has 8 heteroatoms. The minimum absolute atomic E-state index is 0.111. The molecule has 17 heavy (non-hydrogen) atoms. The van der Waals surface area contributed by atoms with Crippen LogP contribution in [0.5, 0.6) is 0 Å². The Morgan fingerprint density at radius 2 is 1.94 bits per heavy atom. The number of hydrogen-bond donors (Lipinski definition) is 2. The third-order valence-electron chi connectivity index (χ3n) is 1.83. The summed E-state index contributed by atoms with van der Waals surface area (Å²) in [5.74, 6) is -0.844. The topological polar surface area (TPSA) is 83.5 Å². The number of benzene rings is 1. The number of nitrogens with one attached hydrogen (secondary N) is 1. The van der Waals surface area contributed by atoms with E-state index in [4.69, 9.17) is 4.55 Å². The van der Waals surface area contributed by atoms with Gasteiger partial charge in [0.05, 0.1) is 5.75 Å². The lowest BCUT2D eigenvalue weighted by atomic mass is 10.2. The maximum Gasteiger partial charge on any atom is 0.266 e. The lowest BCUT2D eigenvalue weighted by Crippen LogP contribution is -2.28. The van der Waals surface area contributed by atoms with E-state index in [1.807, 2.05) is 0 Å². The maximum atomic E-state index is 11.6. The average Bonchev–Trinajstić information content (AvgIpc) is 2.20. The minimum atomic E-state index is -4.03. The average molecular weight is 481 g/mol. The van der Waals surface area contributed by atoms with E-state index in [2.05, 4.69) is 50.5 Å². The predicted molar refractivity (Wildman–Crippen MR) is 80.6 cm³/mol. The number of carbonyl (C=O) groups is 1. The van der Waals surface area contributed by atoms with Crippen molar-refractivity contribution < 1.29 is 17.8 Å². The van der Waals surface area contributed by atoms with Gasteiger partial charge in [0.2, 0.25) is 0 Å². The van der Waals surface area contributed by atoms with Crippen LogP contribution in [0.2, 0.25) is 0 Å². The Hall–Kier alpha value is 0.0600. The Balaban J connectivity index is 2.61. The van der Waals surface area contributed by atoms with Gasteiger partial charge in [-0.1, -0.05) is 0 Å². The molecular formula is C9H9I2NO4S. The van der Waals surface area contributed by atoms with E-state index >= 15 is 0 Å². The van der Waals surface area contributed by atoms with Crippen molar-refractivity contribution in [3.8, 4) is 0 Å². The van der Waals surface area contributed by atoms with Crippen LogP contribution in [-0.2, 0) is 10.1 Å².